The fourth-order valence-electron chi connectivity index (χ4n) is 2.90. The van der Waals surface area contributed by atoms with Crippen molar-refractivity contribution in [3.05, 3.63) is 0 Å². The van der Waals surface area contributed by atoms with Crippen LogP contribution in [-0.2, 0) is 19.2 Å². The van der Waals surface area contributed by atoms with Crippen LogP contribution in [0.2, 0.25) is 0 Å². The molecule has 152 valence electrons. The monoisotopic (exact) mass is 369 g/mol. The summed E-state index contributed by atoms with van der Waals surface area (Å²) in [5.41, 5.74) is 0. The summed E-state index contributed by atoms with van der Waals surface area (Å²) in [7, 11) is 0. The SMILES string of the molecule is CCCCCCCCCCCCCCCC(=O)ON(C=O)C(=O)CCC. The molecule has 0 aromatic rings. The van der Waals surface area contributed by atoms with E-state index in [0.717, 1.165) is 19.3 Å². The third-order valence-electron chi connectivity index (χ3n) is 4.49. The highest BCUT2D eigenvalue weighted by Gasteiger charge is 2.16. The summed E-state index contributed by atoms with van der Waals surface area (Å²) in [6.45, 7) is 4.08. The molecule has 0 N–H and O–H groups in total. The third-order valence-corrected chi connectivity index (χ3v) is 4.49. The van der Waals surface area contributed by atoms with Gasteiger partial charge in [0.1, 0.15) is 0 Å². The number of imide groups is 1. The Kier molecular flexibility index (Phi) is 17.4. The first kappa shape index (κ1) is 24.6. The standard InChI is InChI=1S/C21H39NO4/c1-3-5-6-7-8-9-10-11-12-13-14-15-16-18-21(25)26-22(19-23)20(24)17-4-2/h19H,3-18H2,1-2H3. The number of nitrogens with zero attached hydrogens (tertiary/aromatic N) is 1. The molecule has 0 aromatic heterocycles. The van der Waals surface area contributed by atoms with Crippen molar-refractivity contribution >= 4 is 18.3 Å². The Labute approximate surface area is 159 Å². The second-order valence-electron chi connectivity index (χ2n) is 7.03. The van der Waals surface area contributed by atoms with E-state index in [-0.39, 0.29) is 19.3 Å². The highest BCUT2D eigenvalue weighted by atomic mass is 16.7. The van der Waals surface area contributed by atoms with Crippen LogP contribution in [0.15, 0.2) is 0 Å². The second-order valence-corrected chi connectivity index (χ2v) is 7.03. The number of rotatable bonds is 17. The van der Waals surface area contributed by atoms with Gasteiger partial charge in [-0.15, -0.1) is 5.06 Å². The zero-order valence-corrected chi connectivity index (χ0v) is 17.0. The van der Waals surface area contributed by atoms with Gasteiger partial charge in [0.15, 0.2) is 0 Å². The molecule has 0 spiro atoms. The van der Waals surface area contributed by atoms with E-state index in [9.17, 15) is 14.4 Å². The lowest BCUT2D eigenvalue weighted by Gasteiger charge is -2.13. The normalized spacial score (nSPS) is 10.5. The first-order valence-electron chi connectivity index (χ1n) is 10.6. The topological polar surface area (TPSA) is 63.7 Å². The van der Waals surface area contributed by atoms with Gasteiger partial charge in [-0.05, 0) is 12.8 Å². The van der Waals surface area contributed by atoms with Crippen molar-refractivity contribution in [3.8, 4) is 0 Å². The Morgan fingerprint density at radius 2 is 1.15 bits per heavy atom. The van der Waals surface area contributed by atoms with Crippen LogP contribution in [0.5, 0.6) is 0 Å². The van der Waals surface area contributed by atoms with Crippen LogP contribution < -0.4 is 0 Å². The van der Waals surface area contributed by atoms with Crippen LogP contribution in [0.1, 0.15) is 117 Å². The van der Waals surface area contributed by atoms with E-state index < -0.39 is 11.9 Å². The summed E-state index contributed by atoms with van der Waals surface area (Å²) >= 11 is 0. The Bertz CT molecular complexity index is 371. The minimum atomic E-state index is -0.510. The number of carbonyl (C=O) groups excluding carboxylic acids is 3. The van der Waals surface area contributed by atoms with E-state index in [1.807, 2.05) is 6.92 Å². The molecule has 0 saturated carbocycles. The van der Waals surface area contributed by atoms with Crippen LogP contribution >= 0.6 is 0 Å². The van der Waals surface area contributed by atoms with Crippen molar-refractivity contribution in [1.82, 2.24) is 5.06 Å². The van der Waals surface area contributed by atoms with E-state index >= 15 is 0 Å². The first-order chi connectivity index (χ1) is 12.7. The maximum Gasteiger partial charge on any atom is 0.333 e. The molecule has 0 aliphatic heterocycles. The van der Waals surface area contributed by atoms with Gasteiger partial charge < -0.3 is 4.84 Å². The molecule has 2 amide bonds. The summed E-state index contributed by atoms with van der Waals surface area (Å²) in [4.78, 5) is 38.7. The van der Waals surface area contributed by atoms with Gasteiger partial charge in [-0.1, -0.05) is 90.9 Å². The van der Waals surface area contributed by atoms with Crippen LogP contribution in [0, 0.1) is 0 Å². The fraction of sp³-hybridized carbons (Fsp3) is 0.857. The summed E-state index contributed by atoms with van der Waals surface area (Å²) in [5.74, 6) is -0.981. The van der Waals surface area contributed by atoms with Gasteiger partial charge in [-0.3, -0.25) is 9.59 Å². The van der Waals surface area contributed by atoms with Crippen molar-refractivity contribution in [3.63, 3.8) is 0 Å². The van der Waals surface area contributed by atoms with Gasteiger partial charge in [0, 0.05) is 12.8 Å². The number of hydroxylamine groups is 2. The van der Waals surface area contributed by atoms with Crippen LogP contribution in [-0.4, -0.2) is 23.3 Å². The van der Waals surface area contributed by atoms with Crippen molar-refractivity contribution in [2.75, 3.05) is 0 Å². The zero-order chi connectivity index (χ0) is 19.5. The van der Waals surface area contributed by atoms with Crippen LogP contribution in [0.3, 0.4) is 0 Å². The minimum Gasteiger partial charge on any atom is -0.331 e. The lowest BCUT2D eigenvalue weighted by molar-refractivity contribution is -0.196. The third kappa shape index (κ3) is 14.9. The summed E-state index contributed by atoms with van der Waals surface area (Å²) < 4.78 is 0. The Hall–Kier alpha value is -1.39. The lowest BCUT2D eigenvalue weighted by Crippen LogP contribution is -2.32. The maximum absolute atomic E-state index is 11.6. The second kappa shape index (κ2) is 18.4. The number of hydrogen-bond donors (Lipinski definition) is 0. The molecule has 0 radical (unpaired) electrons. The summed E-state index contributed by atoms with van der Waals surface area (Å²) in [5, 5.41) is 0.522. The van der Waals surface area contributed by atoms with Gasteiger partial charge >= 0.3 is 5.97 Å². The van der Waals surface area contributed by atoms with Gasteiger partial charge in [-0.2, -0.15) is 0 Å². The molecule has 0 saturated heterocycles. The predicted octanol–water partition coefficient (Wildman–Crippen LogP) is 5.71. The van der Waals surface area contributed by atoms with Crippen LogP contribution in [0.4, 0.5) is 0 Å². The van der Waals surface area contributed by atoms with Crippen molar-refractivity contribution < 1.29 is 19.2 Å². The molecule has 0 rings (SSSR count). The molecule has 0 fully saturated rings. The lowest BCUT2D eigenvalue weighted by atomic mass is 10.0. The molecule has 0 unspecified atom stereocenters. The van der Waals surface area contributed by atoms with Gasteiger partial charge in [0.25, 0.3) is 12.3 Å². The van der Waals surface area contributed by atoms with E-state index in [1.54, 1.807) is 0 Å². The number of hydrogen-bond acceptors (Lipinski definition) is 4. The average molecular weight is 370 g/mol. The largest absolute Gasteiger partial charge is 0.333 e. The molecule has 0 aliphatic rings. The molecule has 0 bridgehead atoms. The fourth-order valence-corrected chi connectivity index (χ4v) is 2.90. The van der Waals surface area contributed by atoms with E-state index in [0.29, 0.717) is 11.5 Å². The van der Waals surface area contributed by atoms with E-state index in [4.69, 9.17) is 4.84 Å². The maximum atomic E-state index is 11.6. The molecule has 5 heteroatoms. The Morgan fingerprint density at radius 3 is 1.58 bits per heavy atom. The number of unbranched alkanes of at least 4 members (excludes halogenated alkanes) is 12. The van der Waals surface area contributed by atoms with Crippen molar-refractivity contribution in [2.24, 2.45) is 0 Å². The first-order valence-corrected chi connectivity index (χ1v) is 10.6. The Morgan fingerprint density at radius 1 is 0.692 bits per heavy atom. The molecule has 0 atom stereocenters. The number of amides is 2. The average Bonchev–Trinajstić information content (AvgIpc) is 2.63. The molecule has 5 nitrogen and oxygen atoms in total. The summed E-state index contributed by atoms with van der Waals surface area (Å²) in [6.07, 6.45) is 17.5. The molecular weight excluding hydrogens is 330 g/mol. The van der Waals surface area contributed by atoms with Crippen molar-refractivity contribution in [2.45, 2.75) is 117 Å². The van der Waals surface area contributed by atoms with Gasteiger partial charge in [-0.25, -0.2) is 4.79 Å². The highest BCUT2D eigenvalue weighted by Crippen LogP contribution is 2.13. The summed E-state index contributed by atoms with van der Waals surface area (Å²) in [6, 6.07) is 0. The van der Waals surface area contributed by atoms with Gasteiger partial charge in [0.2, 0.25) is 0 Å². The molecule has 26 heavy (non-hydrogen) atoms. The molecule has 0 aromatic carbocycles. The zero-order valence-electron chi connectivity index (χ0n) is 17.0. The molecule has 0 heterocycles. The molecule has 0 aliphatic carbocycles. The minimum absolute atomic E-state index is 0.199. The smallest absolute Gasteiger partial charge is 0.331 e. The quantitative estimate of drug-likeness (QED) is 0.187. The van der Waals surface area contributed by atoms with Crippen LogP contribution in [0.25, 0.3) is 0 Å². The molecular formula is C21H39NO4. The van der Waals surface area contributed by atoms with Gasteiger partial charge in [0.05, 0.1) is 0 Å². The van der Waals surface area contributed by atoms with E-state index in [2.05, 4.69) is 6.92 Å². The van der Waals surface area contributed by atoms with Crippen molar-refractivity contribution in [1.29, 1.82) is 0 Å². The predicted molar refractivity (Wildman–Crippen MR) is 104 cm³/mol. The number of carbonyl (C=O) groups is 3. The highest BCUT2D eigenvalue weighted by molar-refractivity contribution is 5.86. The van der Waals surface area contributed by atoms with E-state index in [1.165, 1.54) is 64.2 Å². The Balaban J connectivity index is 3.45.